The maximum Gasteiger partial charge on any atom is 0.251 e. The van der Waals surface area contributed by atoms with Crippen LogP contribution in [0.25, 0.3) is 32.2 Å². The molecule has 8 rings (SSSR count). The number of amides is 2. The second-order valence-corrected chi connectivity index (χ2v) is 14.0. The van der Waals surface area contributed by atoms with Gasteiger partial charge in [-0.25, -0.2) is 22.8 Å². The van der Waals surface area contributed by atoms with Crippen molar-refractivity contribution in [2.24, 2.45) is 5.73 Å². The maximum absolute atomic E-state index is 16.3. The quantitative estimate of drug-likeness (QED) is 0.196. The van der Waals surface area contributed by atoms with Gasteiger partial charge in [-0.1, -0.05) is 12.1 Å². The normalized spacial score (nSPS) is 21.4. The first-order valence-corrected chi connectivity index (χ1v) is 16.3. The lowest BCUT2D eigenvalue weighted by Crippen LogP contribution is -2.49. The van der Waals surface area contributed by atoms with Gasteiger partial charge in [-0.05, 0) is 44.0 Å². The summed E-state index contributed by atoms with van der Waals surface area (Å²) in [6.45, 7) is 0.878. The fourth-order valence-electron chi connectivity index (χ4n) is 6.43. The van der Waals surface area contributed by atoms with Crippen LogP contribution in [-0.2, 0) is 21.6 Å². The molecule has 0 spiro atoms. The van der Waals surface area contributed by atoms with E-state index in [9.17, 15) is 23.5 Å². The summed E-state index contributed by atoms with van der Waals surface area (Å²) < 4.78 is 58.8. The zero-order chi connectivity index (χ0) is 33.8. The van der Waals surface area contributed by atoms with Crippen molar-refractivity contribution in [1.29, 1.82) is 0 Å². The van der Waals surface area contributed by atoms with E-state index in [4.69, 9.17) is 20.2 Å². The molecule has 48 heavy (non-hydrogen) atoms. The number of primary amides is 1. The molecule has 0 bridgehead atoms. The zero-order valence-electron chi connectivity index (χ0n) is 25.9. The van der Waals surface area contributed by atoms with Gasteiger partial charge in [0.1, 0.15) is 46.2 Å². The van der Waals surface area contributed by atoms with E-state index in [2.05, 4.69) is 10.4 Å². The topological polar surface area (TPSA) is 142 Å². The molecule has 2 fully saturated rings. The van der Waals surface area contributed by atoms with Crippen LogP contribution >= 0.6 is 11.3 Å². The van der Waals surface area contributed by atoms with E-state index in [0.29, 0.717) is 45.0 Å². The van der Waals surface area contributed by atoms with E-state index in [-0.39, 0.29) is 47.9 Å². The molecule has 14 heteroatoms. The monoisotopic (exact) mass is 677 g/mol. The van der Waals surface area contributed by atoms with E-state index in [1.807, 2.05) is 0 Å². The average molecular weight is 678 g/mol. The lowest BCUT2D eigenvalue weighted by molar-refractivity contribution is -0.123. The summed E-state index contributed by atoms with van der Waals surface area (Å²) in [6.07, 6.45) is 2.17. The molecule has 0 unspecified atom stereocenters. The van der Waals surface area contributed by atoms with Gasteiger partial charge >= 0.3 is 0 Å². The minimum absolute atomic E-state index is 0.00635. The lowest BCUT2D eigenvalue weighted by atomic mass is 9.80. The number of nitrogens with zero attached hydrogens (tertiary/aromatic N) is 3. The second kappa shape index (κ2) is 10.2. The van der Waals surface area contributed by atoms with Crippen LogP contribution in [0.15, 0.2) is 48.0 Å². The molecular formula is C34H30F3N5O5S. The summed E-state index contributed by atoms with van der Waals surface area (Å²) in [4.78, 5) is 31.0. The first-order chi connectivity index (χ1) is 22.8. The zero-order valence-corrected chi connectivity index (χ0v) is 26.7. The highest BCUT2D eigenvalue weighted by molar-refractivity contribution is 7.17. The van der Waals surface area contributed by atoms with Gasteiger partial charge in [-0.3, -0.25) is 9.59 Å². The Kier molecular flexibility index (Phi) is 6.48. The van der Waals surface area contributed by atoms with Crippen LogP contribution in [-0.4, -0.2) is 57.6 Å². The van der Waals surface area contributed by atoms with E-state index in [1.54, 1.807) is 24.4 Å². The number of rotatable bonds is 9. The number of alkyl halides is 2. The van der Waals surface area contributed by atoms with Gasteiger partial charge < -0.3 is 25.6 Å². The average Bonchev–Trinajstić information content (AvgIpc) is 3.82. The van der Waals surface area contributed by atoms with Crippen LogP contribution in [0.3, 0.4) is 0 Å². The number of pyridine rings is 1. The maximum atomic E-state index is 16.3. The number of ether oxygens (including phenoxy) is 2. The number of benzene rings is 2. The van der Waals surface area contributed by atoms with Crippen molar-refractivity contribution in [3.63, 3.8) is 0 Å². The number of carbonyl (C=O) groups excluding carboxylic acids is 2. The molecule has 1 aliphatic heterocycles. The summed E-state index contributed by atoms with van der Waals surface area (Å²) in [6, 6.07) is 8.97. The minimum Gasteiger partial charge on any atom is -0.494 e. The number of thiophene rings is 1. The standard InChI is InChI=1S/C34H30F3N5O5S/c1-31(30(38)44)16-47-27-21(31)12-24(40-26(27)20-14-48-28-19(20)4-3-5-22(28)35)34(45,32(36)6-7-32)15-39-29(43)17-10-18-13-42(33(37)8-9-33)41-25(18)23(11-17)46-2/h3-5,10-14,45H,6-9,15-16H2,1-2H3,(H2,38,44)(H,39,43)/t31-,34-/m0/s1. The number of aliphatic hydroxyl groups is 1. The van der Waals surface area contributed by atoms with Crippen LogP contribution in [0.1, 0.15) is 54.2 Å². The molecule has 5 aromatic rings. The molecule has 4 N–H and O–H groups in total. The Hall–Kier alpha value is -4.69. The van der Waals surface area contributed by atoms with E-state index in [0.717, 1.165) is 11.3 Å². The number of halogens is 3. The summed E-state index contributed by atoms with van der Waals surface area (Å²) in [5.41, 5.74) is 1.29. The van der Waals surface area contributed by atoms with Crippen molar-refractivity contribution in [2.45, 2.75) is 55.1 Å². The van der Waals surface area contributed by atoms with Gasteiger partial charge in [0.05, 0.1) is 24.0 Å². The fraction of sp³-hybridized carbons (Fsp3) is 0.353. The molecule has 0 radical (unpaired) electrons. The molecule has 248 valence electrons. The highest BCUT2D eigenvalue weighted by Gasteiger charge is 2.62. The first kappa shape index (κ1) is 30.6. The number of hydrogen-bond donors (Lipinski definition) is 3. The van der Waals surface area contributed by atoms with E-state index in [1.165, 1.54) is 42.3 Å². The van der Waals surface area contributed by atoms with Crippen LogP contribution in [0.5, 0.6) is 11.5 Å². The molecule has 2 aromatic carbocycles. The van der Waals surface area contributed by atoms with Gasteiger partial charge in [-0.2, -0.15) is 5.10 Å². The molecule has 10 nitrogen and oxygen atoms in total. The Labute approximate surface area is 275 Å². The predicted molar refractivity (Wildman–Crippen MR) is 171 cm³/mol. The first-order valence-electron chi connectivity index (χ1n) is 15.4. The van der Waals surface area contributed by atoms with Crippen LogP contribution in [0, 0.1) is 5.82 Å². The Morgan fingerprint density at radius 2 is 1.98 bits per heavy atom. The Morgan fingerprint density at radius 3 is 2.67 bits per heavy atom. The highest BCUT2D eigenvalue weighted by Crippen LogP contribution is 2.55. The van der Waals surface area contributed by atoms with Crippen molar-refractivity contribution in [1.82, 2.24) is 20.1 Å². The third-order valence-electron chi connectivity index (χ3n) is 9.91. The van der Waals surface area contributed by atoms with Crippen LogP contribution in [0.2, 0.25) is 0 Å². The summed E-state index contributed by atoms with van der Waals surface area (Å²) in [7, 11) is 1.41. The number of carbonyl (C=O) groups is 2. The van der Waals surface area contributed by atoms with Crippen LogP contribution < -0.4 is 20.5 Å². The van der Waals surface area contributed by atoms with Crippen molar-refractivity contribution >= 4 is 44.1 Å². The van der Waals surface area contributed by atoms with Crippen molar-refractivity contribution in [3.8, 4) is 22.8 Å². The number of fused-ring (bicyclic) bond motifs is 3. The molecule has 3 aliphatic rings. The Bertz CT molecular complexity index is 2190. The number of hydrogen-bond acceptors (Lipinski definition) is 8. The third kappa shape index (κ3) is 4.41. The van der Waals surface area contributed by atoms with Crippen molar-refractivity contribution in [3.05, 3.63) is 70.6 Å². The second-order valence-electron chi connectivity index (χ2n) is 13.1. The predicted octanol–water partition coefficient (Wildman–Crippen LogP) is 5.13. The summed E-state index contributed by atoms with van der Waals surface area (Å²) >= 11 is 1.15. The number of aromatic nitrogens is 3. The molecular weight excluding hydrogens is 647 g/mol. The van der Waals surface area contributed by atoms with E-state index >= 15 is 4.39 Å². The Morgan fingerprint density at radius 1 is 1.21 bits per heavy atom. The molecule has 2 atom stereocenters. The SMILES string of the molecule is COc1cc(C(=O)NC[C@](O)(c2cc3c(c(-c4csc5c(F)cccc45)n2)OC[C@]3(C)C(N)=O)C2(F)CC2)cc2cn(C3(F)CC3)nc12. The van der Waals surface area contributed by atoms with Gasteiger partial charge in [0.2, 0.25) is 11.7 Å². The summed E-state index contributed by atoms with van der Waals surface area (Å²) in [5, 5.41) is 21.9. The third-order valence-corrected chi connectivity index (χ3v) is 10.9. The minimum atomic E-state index is -2.35. The highest BCUT2D eigenvalue weighted by atomic mass is 32.1. The molecule has 2 aliphatic carbocycles. The van der Waals surface area contributed by atoms with Crippen LogP contribution in [0.4, 0.5) is 13.2 Å². The fourth-order valence-corrected chi connectivity index (χ4v) is 7.39. The molecule has 2 saturated carbocycles. The van der Waals surface area contributed by atoms with E-state index < -0.39 is 46.7 Å². The van der Waals surface area contributed by atoms with Crippen molar-refractivity contribution in [2.75, 3.05) is 20.3 Å². The van der Waals surface area contributed by atoms with Gasteiger partial charge in [0.25, 0.3) is 5.91 Å². The van der Waals surface area contributed by atoms with Crippen molar-refractivity contribution < 1.29 is 37.3 Å². The molecule has 4 heterocycles. The lowest BCUT2D eigenvalue weighted by Gasteiger charge is -2.33. The largest absolute Gasteiger partial charge is 0.494 e. The number of nitrogens with one attached hydrogen (secondary N) is 1. The molecule has 2 amide bonds. The molecule has 0 saturated heterocycles. The Balaban J connectivity index is 1.20. The van der Waals surface area contributed by atoms with Gasteiger partial charge in [0, 0.05) is 51.9 Å². The van der Waals surface area contributed by atoms with Gasteiger partial charge in [-0.15, -0.1) is 11.3 Å². The van der Waals surface area contributed by atoms with Gasteiger partial charge in [0.15, 0.2) is 5.60 Å². The number of nitrogens with two attached hydrogens (primary N) is 1. The summed E-state index contributed by atoms with van der Waals surface area (Å²) in [5.74, 6) is -2.88. The smallest absolute Gasteiger partial charge is 0.251 e. The molecule has 3 aromatic heterocycles. The number of methoxy groups -OCH3 is 1.